The Morgan fingerprint density at radius 1 is 0.400 bits per heavy atom. The highest BCUT2D eigenvalue weighted by Gasteiger charge is 2.46. The lowest BCUT2D eigenvalue weighted by atomic mass is 9.55. The molecule has 0 unspecified atom stereocenters. The van der Waals surface area contributed by atoms with Gasteiger partial charge in [-0.3, -0.25) is 0 Å². The average Bonchev–Trinajstić information content (AvgIpc) is 3.58. The van der Waals surface area contributed by atoms with E-state index in [4.69, 9.17) is 15.0 Å². The molecule has 9 aromatic rings. The van der Waals surface area contributed by atoms with E-state index in [1.54, 1.807) is 0 Å². The molecule has 0 saturated carbocycles. The number of para-hydroxylation sites is 1. The Hall–Kier alpha value is -6.65. The Bertz CT molecular complexity index is 2850. The molecule has 4 heteroatoms. The van der Waals surface area contributed by atoms with Crippen LogP contribution in [-0.2, 0) is 10.8 Å². The minimum atomic E-state index is -0.129. The molecule has 2 aromatic heterocycles. The van der Waals surface area contributed by atoms with Gasteiger partial charge in [-0.2, -0.15) is 0 Å². The smallest absolute Gasteiger partial charge is 0.164 e. The predicted octanol–water partition coefficient (Wildman–Crippen LogP) is 12.9. The second kappa shape index (κ2) is 12.5. The summed E-state index contributed by atoms with van der Waals surface area (Å²) in [7, 11) is 0. The van der Waals surface area contributed by atoms with Crippen molar-refractivity contribution in [2.24, 2.45) is 0 Å². The lowest BCUT2D eigenvalue weighted by molar-refractivity contribution is 0.299. The predicted molar refractivity (Wildman–Crippen MR) is 227 cm³/mol. The van der Waals surface area contributed by atoms with Crippen LogP contribution in [0, 0.1) is 0 Å². The maximum absolute atomic E-state index is 5.18. The number of hydrogen-bond acceptors (Lipinski definition) is 3. The van der Waals surface area contributed by atoms with Gasteiger partial charge < -0.3 is 4.57 Å². The number of benzene rings is 7. The Morgan fingerprint density at radius 3 is 1.56 bits per heavy atom. The lowest BCUT2D eigenvalue weighted by Gasteiger charge is -2.48. The standard InChI is InChI=1S/C51H40N4/c1-50(2)42-26-16-14-25-41(42)45-43(51(50,3)4)29-28-40-39-24-15-17-27-44(39)55(46(40)45)38-31-36(33-18-8-5-9-19-33)30-37(32-38)49-53-47(34-20-10-6-11-21-34)52-48(54-49)35-22-12-7-13-23-35/h5-32H,1-4H3. The van der Waals surface area contributed by atoms with Crippen molar-refractivity contribution in [1.82, 2.24) is 19.5 Å². The first kappa shape index (κ1) is 33.0. The van der Waals surface area contributed by atoms with Crippen LogP contribution < -0.4 is 0 Å². The highest BCUT2D eigenvalue weighted by molar-refractivity contribution is 6.15. The summed E-state index contributed by atoms with van der Waals surface area (Å²) in [4.78, 5) is 15.4. The molecule has 55 heavy (non-hydrogen) atoms. The lowest BCUT2D eigenvalue weighted by Crippen LogP contribution is -2.43. The first-order chi connectivity index (χ1) is 26.8. The molecule has 1 aliphatic carbocycles. The summed E-state index contributed by atoms with van der Waals surface area (Å²) in [6.45, 7) is 9.60. The van der Waals surface area contributed by atoms with Crippen molar-refractivity contribution < 1.29 is 0 Å². The van der Waals surface area contributed by atoms with E-state index in [2.05, 4.69) is 166 Å². The number of nitrogens with zero attached hydrogens (tertiary/aromatic N) is 4. The minimum absolute atomic E-state index is 0.0763. The van der Waals surface area contributed by atoms with Crippen molar-refractivity contribution in [1.29, 1.82) is 0 Å². The Labute approximate surface area is 321 Å². The molecule has 2 heterocycles. The van der Waals surface area contributed by atoms with Crippen molar-refractivity contribution in [3.63, 3.8) is 0 Å². The fourth-order valence-corrected chi connectivity index (χ4v) is 8.64. The molecule has 0 amide bonds. The van der Waals surface area contributed by atoms with Gasteiger partial charge in [0.25, 0.3) is 0 Å². The van der Waals surface area contributed by atoms with E-state index in [1.165, 1.54) is 38.5 Å². The molecule has 0 aliphatic heterocycles. The number of hydrogen-bond donors (Lipinski definition) is 0. The fraction of sp³-hybridized carbons (Fsp3) is 0.118. The molecule has 10 rings (SSSR count). The van der Waals surface area contributed by atoms with E-state index < -0.39 is 0 Å². The van der Waals surface area contributed by atoms with Crippen LogP contribution in [0.25, 0.3) is 83.9 Å². The van der Waals surface area contributed by atoms with Crippen LogP contribution in [0.2, 0.25) is 0 Å². The van der Waals surface area contributed by atoms with Gasteiger partial charge in [-0.25, -0.2) is 15.0 Å². The second-order valence-corrected chi connectivity index (χ2v) is 15.7. The first-order valence-electron chi connectivity index (χ1n) is 19.0. The van der Waals surface area contributed by atoms with Gasteiger partial charge in [0, 0.05) is 38.7 Å². The maximum atomic E-state index is 5.18. The molecule has 0 radical (unpaired) electrons. The Kier molecular flexibility index (Phi) is 7.47. The Morgan fingerprint density at radius 2 is 0.909 bits per heavy atom. The summed E-state index contributed by atoms with van der Waals surface area (Å²) < 4.78 is 2.49. The van der Waals surface area contributed by atoms with E-state index >= 15 is 0 Å². The number of fused-ring (bicyclic) bond motifs is 7. The van der Waals surface area contributed by atoms with Crippen molar-refractivity contribution in [3.8, 4) is 62.1 Å². The van der Waals surface area contributed by atoms with E-state index in [9.17, 15) is 0 Å². The summed E-state index contributed by atoms with van der Waals surface area (Å²) in [5.74, 6) is 1.91. The highest BCUT2D eigenvalue weighted by atomic mass is 15.0. The van der Waals surface area contributed by atoms with Crippen molar-refractivity contribution in [2.75, 3.05) is 0 Å². The van der Waals surface area contributed by atoms with Crippen LogP contribution in [0.5, 0.6) is 0 Å². The molecular formula is C51H40N4. The minimum Gasteiger partial charge on any atom is -0.309 e. The average molecular weight is 709 g/mol. The van der Waals surface area contributed by atoms with E-state index in [0.29, 0.717) is 17.5 Å². The van der Waals surface area contributed by atoms with Crippen LogP contribution in [0.1, 0.15) is 38.8 Å². The monoisotopic (exact) mass is 708 g/mol. The van der Waals surface area contributed by atoms with E-state index in [-0.39, 0.29) is 10.8 Å². The second-order valence-electron chi connectivity index (χ2n) is 15.7. The number of rotatable bonds is 5. The van der Waals surface area contributed by atoms with Gasteiger partial charge in [0.2, 0.25) is 0 Å². The van der Waals surface area contributed by atoms with Crippen LogP contribution in [0.15, 0.2) is 170 Å². The largest absolute Gasteiger partial charge is 0.309 e. The molecule has 4 nitrogen and oxygen atoms in total. The van der Waals surface area contributed by atoms with Crippen LogP contribution in [-0.4, -0.2) is 19.5 Å². The zero-order chi connectivity index (χ0) is 37.3. The summed E-state index contributed by atoms with van der Waals surface area (Å²) in [6, 6.07) is 60.4. The van der Waals surface area contributed by atoms with Crippen molar-refractivity contribution in [2.45, 2.75) is 38.5 Å². The zero-order valence-corrected chi connectivity index (χ0v) is 31.5. The first-order valence-corrected chi connectivity index (χ1v) is 19.0. The summed E-state index contributed by atoms with van der Waals surface area (Å²) in [5, 5.41) is 2.47. The molecule has 264 valence electrons. The highest BCUT2D eigenvalue weighted by Crippen LogP contribution is 2.56. The van der Waals surface area contributed by atoms with E-state index in [1.807, 2.05) is 36.4 Å². The fourth-order valence-electron chi connectivity index (χ4n) is 8.64. The quantitative estimate of drug-likeness (QED) is 0.179. The van der Waals surface area contributed by atoms with Crippen LogP contribution >= 0.6 is 0 Å². The van der Waals surface area contributed by atoms with Gasteiger partial charge >= 0.3 is 0 Å². The summed E-state index contributed by atoms with van der Waals surface area (Å²) >= 11 is 0. The SMILES string of the molecule is CC1(C)c2ccccc2-c2c(ccc3c4ccccc4n(-c4cc(-c5ccccc5)cc(-c5nc(-c6ccccc6)nc(-c6ccccc6)n5)c4)c23)C1(C)C. The van der Waals surface area contributed by atoms with E-state index in [0.717, 1.165) is 39.0 Å². The van der Waals surface area contributed by atoms with Gasteiger partial charge in [0.1, 0.15) is 0 Å². The maximum Gasteiger partial charge on any atom is 0.164 e. The Balaban J connectivity index is 1.31. The normalized spacial score (nSPS) is 14.1. The molecule has 0 N–H and O–H groups in total. The van der Waals surface area contributed by atoms with Crippen molar-refractivity contribution >= 4 is 21.8 Å². The van der Waals surface area contributed by atoms with Crippen molar-refractivity contribution in [3.05, 3.63) is 181 Å². The molecular weight excluding hydrogens is 669 g/mol. The van der Waals surface area contributed by atoms with Gasteiger partial charge in [-0.15, -0.1) is 0 Å². The van der Waals surface area contributed by atoms with Crippen LogP contribution in [0.4, 0.5) is 0 Å². The molecule has 0 saturated heterocycles. The van der Waals surface area contributed by atoms with Gasteiger partial charge in [0.05, 0.1) is 11.0 Å². The molecule has 0 bridgehead atoms. The zero-order valence-electron chi connectivity index (χ0n) is 31.5. The molecule has 7 aromatic carbocycles. The van der Waals surface area contributed by atoms with Crippen LogP contribution in [0.3, 0.4) is 0 Å². The summed E-state index contributed by atoms with van der Waals surface area (Å²) in [5.41, 5.74) is 13.6. The molecule has 0 atom stereocenters. The third-order valence-electron chi connectivity index (χ3n) is 12.2. The molecule has 0 fully saturated rings. The topological polar surface area (TPSA) is 43.6 Å². The van der Waals surface area contributed by atoms with Gasteiger partial charge in [-0.05, 0) is 62.9 Å². The van der Waals surface area contributed by atoms with Gasteiger partial charge in [-0.1, -0.05) is 173 Å². The molecule has 0 spiro atoms. The van der Waals surface area contributed by atoms with Gasteiger partial charge in [0.15, 0.2) is 17.5 Å². The number of aromatic nitrogens is 4. The third kappa shape index (κ3) is 5.16. The third-order valence-corrected chi connectivity index (χ3v) is 12.2. The summed E-state index contributed by atoms with van der Waals surface area (Å²) in [6.07, 6.45) is 0. The molecule has 1 aliphatic rings.